The van der Waals surface area contributed by atoms with Crippen molar-refractivity contribution >= 4 is 23.5 Å². The molecule has 10 nitrogen and oxygen atoms in total. The molecule has 0 bridgehead atoms. The van der Waals surface area contributed by atoms with E-state index in [-0.39, 0.29) is 35.5 Å². The number of hydrogen-bond donors (Lipinski definition) is 2. The third kappa shape index (κ3) is 6.40. The Balaban J connectivity index is 0.684. The van der Waals surface area contributed by atoms with E-state index < -0.39 is 6.04 Å². The summed E-state index contributed by atoms with van der Waals surface area (Å²) in [7, 11) is 0. The molecular weight excluding hydrogens is 739 g/mol. The van der Waals surface area contributed by atoms with Gasteiger partial charge in [-0.05, 0) is 146 Å². The second-order valence-corrected chi connectivity index (χ2v) is 18.9. The maximum Gasteiger partial charge on any atom is 0.255 e. The van der Waals surface area contributed by atoms with Gasteiger partial charge in [-0.2, -0.15) is 0 Å². The van der Waals surface area contributed by atoms with Crippen LogP contribution in [0.2, 0.25) is 0 Å². The summed E-state index contributed by atoms with van der Waals surface area (Å²) < 4.78 is 6.29. The van der Waals surface area contributed by atoms with Crippen molar-refractivity contribution in [2.75, 3.05) is 44.2 Å². The Morgan fingerprint density at radius 2 is 1.64 bits per heavy atom. The quantitative estimate of drug-likeness (QED) is 0.204. The van der Waals surface area contributed by atoms with Crippen LogP contribution >= 0.6 is 0 Å². The lowest BCUT2D eigenvalue weighted by Crippen LogP contribution is -2.52. The number of benzene rings is 3. The van der Waals surface area contributed by atoms with E-state index in [0.717, 1.165) is 74.9 Å². The number of aromatic nitrogens is 1. The van der Waals surface area contributed by atoms with Crippen LogP contribution in [0.5, 0.6) is 11.5 Å². The van der Waals surface area contributed by atoms with Crippen molar-refractivity contribution in [1.29, 1.82) is 0 Å². The number of anilines is 1. The smallest absolute Gasteiger partial charge is 0.255 e. The zero-order valence-electron chi connectivity index (χ0n) is 33.7. The molecule has 3 aromatic carbocycles. The number of phenolic OH excluding ortho intramolecular Hbond substituents is 1. The average Bonchev–Trinajstić information content (AvgIpc) is 3.75. The summed E-state index contributed by atoms with van der Waals surface area (Å²) in [6, 6.07) is 24.8. The minimum Gasteiger partial charge on any atom is -0.508 e. The van der Waals surface area contributed by atoms with Crippen molar-refractivity contribution < 1.29 is 24.2 Å². The topological polar surface area (TPSA) is 115 Å². The third-order valence-electron chi connectivity index (χ3n) is 15.6. The van der Waals surface area contributed by atoms with Crippen molar-refractivity contribution in [2.24, 2.45) is 11.3 Å². The van der Waals surface area contributed by atoms with E-state index >= 15 is 0 Å². The largest absolute Gasteiger partial charge is 0.508 e. The fraction of sp³-hybridized carbons (Fsp3) is 0.469. The lowest BCUT2D eigenvalue weighted by molar-refractivity contribution is -0.136. The number of likely N-dealkylation sites (tertiary alicyclic amines) is 1. The third-order valence-corrected chi connectivity index (χ3v) is 15.6. The van der Waals surface area contributed by atoms with E-state index in [1.807, 2.05) is 18.2 Å². The van der Waals surface area contributed by atoms with Crippen LogP contribution in [-0.2, 0) is 28.0 Å². The summed E-state index contributed by atoms with van der Waals surface area (Å²) in [6.45, 7) is 6.47. The number of pyridine rings is 1. The number of nitrogens with zero attached hydrogens (tertiary/aromatic N) is 4. The van der Waals surface area contributed by atoms with E-state index in [0.29, 0.717) is 42.2 Å². The summed E-state index contributed by atoms with van der Waals surface area (Å²) in [5.41, 5.74) is 8.43. The van der Waals surface area contributed by atoms with Crippen LogP contribution in [0, 0.1) is 11.3 Å². The predicted molar refractivity (Wildman–Crippen MR) is 224 cm³/mol. The van der Waals surface area contributed by atoms with Gasteiger partial charge in [0.05, 0.1) is 6.61 Å². The fourth-order valence-corrected chi connectivity index (χ4v) is 12.3. The van der Waals surface area contributed by atoms with Crippen LogP contribution < -0.4 is 15.0 Å². The molecule has 304 valence electrons. The molecular formula is C49H53N5O5. The van der Waals surface area contributed by atoms with Crippen molar-refractivity contribution in [3.05, 3.63) is 118 Å². The Bertz CT molecular complexity index is 2300. The molecule has 0 radical (unpaired) electrons. The van der Waals surface area contributed by atoms with Crippen molar-refractivity contribution in [2.45, 2.75) is 94.0 Å². The Morgan fingerprint density at radius 3 is 2.41 bits per heavy atom. The van der Waals surface area contributed by atoms with Gasteiger partial charge in [0.1, 0.15) is 23.4 Å². The normalized spacial score (nSPS) is 26.0. The number of amides is 3. The van der Waals surface area contributed by atoms with Crippen LogP contribution in [0.1, 0.15) is 113 Å². The first kappa shape index (κ1) is 36.8. The number of aromatic hydroxyl groups is 1. The molecule has 3 amide bonds. The van der Waals surface area contributed by atoms with Crippen molar-refractivity contribution in [3.63, 3.8) is 0 Å². The highest BCUT2D eigenvalue weighted by atomic mass is 16.5. The highest BCUT2D eigenvalue weighted by Crippen LogP contribution is 2.54. The molecule has 5 aliphatic heterocycles. The number of carbonyl (C=O) groups excluding carboxylic acids is 3. The molecule has 10 heteroatoms. The molecule has 2 N–H and O–H groups in total. The molecule has 1 saturated carbocycles. The van der Waals surface area contributed by atoms with Gasteiger partial charge < -0.3 is 24.5 Å². The van der Waals surface area contributed by atoms with Crippen molar-refractivity contribution in [1.82, 2.24) is 20.1 Å². The number of hydrogen-bond acceptors (Lipinski definition) is 8. The summed E-state index contributed by atoms with van der Waals surface area (Å²) >= 11 is 0. The first-order valence-electron chi connectivity index (χ1n) is 22.0. The molecule has 3 atom stereocenters. The van der Waals surface area contributed by atoms with Gasteiger partial charge in [0.15, 0.2) is 0 Å². The van der Waals surface area contributed by atoms with Gasteiger partial charge in [-0.1, -0.05) is 42.5 Å². The van der Waals surface area contributed by atoms with E-state index in [4.69, 9.17) is 9.72 Å². The molecule has 1 unspecified atom stereocenters. The highest BCUT2D eigenvalue weighted by molar-refractivity contribution is 6.05. The highest BCUT2D eigenvalue weighted by Gasteiger charge is 2.49. The zero-order chi connectivity index (χ0) is 39.9. The molecule has 7 aliphatic rings. The maximum atomic E-state index is 13.4. The lowest BCUT2D eigenvalue weighted by Gasteiger charge is -2.54. The Morgan fingerprint density at radius 1 is 0.831 bits per heavy atom. The van der Waals surface area contributed by atoms with E-state index in [1.165, 1.54) is 60.0 Å². The maximum absolute atomic E-state index is 13.4. The van der Waals surface area contributed by atoms with Gasteiger partial charge >= 0.3 is 0 Å². The molecule has 6 heterocycles. The van der Waals surface area contributed by atoms with E-state index in [1.54, 1.807) is 4.90 Å². The molecule has 1 aromatic heterocycles. The van der Waals surface area contributed by atoms with Gasteiger partial charge in [-0.15, -0.1) is 0 Å². The first-order chi connectivity index (χ1) is 28.7. The number of rotatable bonds is 6. The van der Waals surface area contributed by atoms with Crippen molar-refractivity contribution in [3.8, 4) is 11.5 Å². The molecule has 4 fully saturated rings. The van der Waals surface area contributed by atoms with Gasteiger partial charge in [0, 0.05) is 61.3 Å². The molecule has 3 saturated heterocycles. The minimum atomic E-state index is -0.605. The predicted octanol–water partition coefficient (Wildman–Crippen LogP) is 6.83. The van der Waals surface area contributed by atoms with Gasteiger partial charge in [0.25, 0.3) is 5.91 Å². The minimum absolute atomic E-state index is 0.0274. The van der Waals surface area contributed by atoms with Crippen LogP contribution in [0.15, 0.2) is 79.0 Å². The van der Waals surface area contributed by atoms with Gasteiger partial charge in [-0.25, -0.2) is 4.98 Å². The van der Waals surface area contributed by atoms with Gasteiger partial charge in [-0.3, -0.25) is 19.7 Å². The standard InChI is InChI=1S/C49H53N5O5/c55-36-8-10-38-33(22-36)6-9-37(32-4-2-1-3-5-32)45(38)34-7-12-43(50-27-34)53-20-14-48(15-21-53)25-31(26-48)28-52-18-16-49(17-19-52)30-59-42-24-39-35(23-40(42)49)29-54(47(39)58)41-11-13-44(56)51-46(41)57/h1-5,7-8,10,12,22-24,27,31,37,41,45,55H,6,9,11,13-21,25-26,28-30H2,(H,51,56,57)/t37-,41?,45+/m1/s1. The van der Waals surface area contributed by atoms with Crippen LogP contribution in [0.4, 0.5) is 5.82 Å². The Labute approximate surface area is 345 Å². The summed E-state index contributed by atoms with van der Waals surface area (Å²) in [4.78, 5) is 49.6. The summed E-state index contributed by atoms with van der Waals surface area (Å²) in [6.07, 6.45) is 12.0. The average molecular weight is 792 g/mol. The molecule has 4 aromatic rings. The number of fused-ring (bicyclic) bond motifs is 4. The number of carbonyl (C=O) groups is 3. The molecule has 11 rings (SSSR count). The molecule has 2 spiro atoms. The number of imide groups is 1. The SMILES string of the molecule is O=C1CCC(N2Cc3cc4c(cc3C2=O)OCC42CCN(CC3CC4(CCN(c5ccc([C@@H]6c7ccc(O)cc7CC[C@@H]6c6ccccc6)cn5)CC4)C3)CC2)C(=O)N1. The fourth-order valence-electron chi connectivity index (χ4n) is 12.3. The summed E-state index contributed by atoms with van der Waals surface area (Å²) in [5.74, 6) is 2.79. The van der Waals surface area contributed by atoms with E-state index in [2.05, 4.69) is 75.9 Å². The number of ether oxygens (including phenoxy) is 1. The molecule has 2 aliphatic carbocycles. The number of phenols is 1. The Kier molecular flexibility index (Phi) is 8.87. The number of nitrogens with one attached hydrogen (secondary N) is 1. The number of piperidine rings is 3. The van der Waals surface area contributed by atoms with E-state index in [9.17, 15) is 19.5 Å². The van der Waals surface area contributed by atoms with Crippen LogP contribution in [-0.4, -0.2) is 83.0 Å². The van der Waals surface area contributed by atoms with Gasteiger partial charge in [0.2, 0.25) is 11.8 Å². The van der Waals surface area contributed by atoms with Crippen LogP contribution in [0.3, 0.4) is 0 Å². The first-order valence-corrected chi connectivity index (χ1v) is 22.0. The Hall–Kier alpha value is -5.22. The second kappa shape index (κ2) is 14.2. The zero-order valence-corrected chi connectivity index (χ0v) is 33.7. The second-order valence-electron chi connectivity index (χ2n) is 18.9. The lowest BCUT2D eigenvalue weighted by atomic mass is 9.57. The summed E-state index contributed by atoms with van der Waals surface area (Å²) in [5, 5.41) is 12.6. The molecule has 59 heavy (non-hydrogen) atoms. The monoisotopic (exact) mass is 791 g/mol. The van der Waals surface area contributed by atoms with Crippen LogP contribution in [0.25, 0.3) is 0 Å². The number of aryl methyl sites for hydroxylation is 1.